The first-order chi connectivity index (χ1) is 16.8. The van der Waals surface area contributed by atoms with E-state index in [2.05, 4.69) is 4.98 Å². The monoisotopic (exact) mass is 498 g/mol. The number of benzene rings is 1. The van der Waals surface area contributed by atoms with Crippen LogP contribution in [0.25, 0.3) is 10.9 Å². The third-order valence-electron chi connectivity index (χ3n) is 7.26. The molecule has 0 amide bonds. The highest BCUT2D eigenvalue weighted by molar-refractivity contribution is 7.89. The molecular weight excluding hydrogens is 468 g/mol. The highest BCUT2D eigenvalue weighted by Crippen LogP contribution is 2.45. The number of sulfonamides is 1. The number of aryl methyl sites for hydroxylation is 1. The number of pyridine rings is 1. The van der Waals surface area contributed by atoms with E-state index in [0.29, 0.717) is 30.6 Å². The van der Waals surface area contributed by atoms with Gasteiger partial charge in [-0.15, -0.1) is 0 Å². The van der Waals surface area contributed by atoms with Gasteiger partial charge in [-0.3, -0.25) is 9.48 Å². The van der Waals surface area contributed by atoms with Crippen molar-refractivity contribution < 1.29 is 23.1 Å². The van der Waals surface area contributed by atoms with Gasteiger partial charge in [0.2, 0.25) is 15.9 Å². The Balaban J connectivity index is 1.52. The Kier molecular flexibility index (Phi) is 6.27. The number of aliphatic carboxylic acids is 1. The molecule has 1 aliphatic carbocycles. The smallest absolute Gasteiger partial charge is 0.309 e. The standard InChI is InChI=1S/C25H30N4O5S/c1-3-34-24-10-8-18(13-26-24)35(32,33)28-14-20(17-5-4-6-17)23(15-28)29-22-9-7-16(2)11-19(22)21(27-29)12-25(30)31/h7-11,13,17,20,23H,3-6,12,14-15H2,1-2H3,(H,30,31)/t20?,23-/m0/s1. The molecule has 3 heterocycles. The first-order valence-corrected chi connectivity index (χ1v) is 13.5. The quantitative estimate of drug-likeness (QED) is 0.506. The molecule has 10 heteroatoms. The molecule has 2 fully saturated rings. The van der Waals surface area contributed by atoms with Gasteiger partial charge in [-0.2, -0.15) is 9.40 Å². The van der Waals surface area contributed by atoms with Crippen molar-refractivity contribution in [2.24, 2.45) is 11.8 Å². The minimum Gasteiger partial charge on any atom is -0.481 e. The van der Waals surface area contributed by atoms with Gasteiger partial charge < -0.3 is 9.84 Å². The van der Waals surface area contributed by atoms with Gasteiger partial charge in [0.1, 0.15) is 4.90 Å². The molecule has 1 saturated carbocycles. The molecule has 0 bridgehead atoms. The SMILES string of the molecule is CCOc1ccc(S(=O)(=O)N2CC(C3CCC3)[C@@H](n3nc(CC(=O)O)c4cc(C)ccc43)C2)cn1. The lowest BCUT2D eigenvalue weighted by molar-refractivity contribution is -0.136. The van der Waals surface area contributed by atoms with E-state index in [0.717, 1.165) is 35.7 Å². The minimum atomic E-state index is -3.75. The summed E-state index contributed by atoms with van der Waals surface area (Å²) in [5.41, 5.74) is 2.39. The van der Waals surface area contributed by atoms with Crippen LogP contribution in [0.5, 0.6) is 5.88 Å². The first kappa shape index (κ1) is 23.7. The van der Waals surface area contributed by atoms with Crippen LogP contribution in [-0.2, 0) is 21.2 Å². The van der Waals surface area contributed by atoms with Crippen molar-refractivity contribution in [1.29, 1.82) is 0 Å². The van der Waals surface area contributed by atoms with Crippen LogP contribution >= 0.6 is 0 Å². The minimum absolute atomic E-state index is 0.108. The van der Waals surface area contributed by atoms with Crippen molar-refractivity contribution in [3.8, 4) is 5.88 Å². The van der Waals surface area contributed by atoms with Gasteiger partial charge in [-0.25, -0.2) is 13.4 Å². The number of carboxylic acid groups (broad SMARTS) is 1. The number of carboxylic acids is 1. The van der Waals surface area contributed by atoms with Crippen LogP contribution in [0.3, 0.4) is 0 Å². The molecule has 2 atom stereocenters. The molecule has 0 radical (unpaired) electrons. The number of aromatic nitrogens is 3. The zero-order chi connectivity index (χ0) is 24.7. The lowest BCUT2D eigenvalue weighted by Gasteiger charge is -2.34. The average Bonchev–Trinajstić information content (AvgIpc) is 3.35. The maximum Gasteiger partial charge on any atom is 0.309 e. The summed E-state index contributed by atoms with van der Waals surface area (Å²) in [5.74, 6) is -0.0166. The van der Waals surface area contributed by atoms with Gasteiger partial charge in [0, 0.05) is 24.5 Å². The number of hydrogen-bond acceptors (Lipinski definition) is 6. The molecule has 1 N–H and O–H groups in total. The van der Waals surface area contributed by atoms with E-state index in [4.69, 9.17) is 9.84 Å². The number of hydrogen-bond donors (Lipinski definition) is 1. The maximum absolute atomic E-state index is 13.6. The van der Waals surface area contributed by atoms with Crippen molar-refractivity contribution in [2.45, 2.75) is 50.5 Å². The molecular formula is C25H30N4O5S. The molecule has 35 heavy (non-hydrogen) atoms. The number of carbonyl (C=O) groups is 1. The van der Waals surface area contributed by atoms with Crippen LogP contribution in [0.4, 0.5) is 0 Å². The van der Waals surface area contributed by atoms with E-state index in [1.807, 2.05) is 36.7 Å². The number of ether oxygens (including phenoxy) is 1. The fourth-order valence-electron chi connectivity index (χ4n) is 5.31. The van der Waals surface area contributed by atoms with Crippen LogP contribution in [0.2, 0.25) is 0 Å². The maximum atomic E-state index is 13.6. The zero-order valence-corrected chi connectivity index (χ0v) is 20.7. The van der Waals surface area contributed by atoms with E-state index >= 15 is 0 Å². The summed E-state index contributed by atoms with van der Waals surface area (Å²) in [5, 5.41) is 15.0. The van der Waals surface area contributed by atoms with Gasteiger partial charge in [-0.05, 0) is 43.9 Å². The molecule has 1 unspecified atom stereocenters. The Bertz CT molecular complexity index is 1350. The Hall–Kier alpha value is -2.98. The second kappa shape index (κ2) is 9.23. The van der Waals surface area contributed by atoms with E-state index < -0.39 is 16.0 Å². The third kappa shape index (κ3) is 4.40. The summed E-state index contributed by atoms with van der Waals surface area (Å²) in [7, 11) is -3.75. The van der Waals surface area contributed by atoms with Crippen molar-refractivity contribution in [2.75, 3.05) is 19.7 Å². The van der Waals surface area contributed by atoms with Crippen LogP contribution in [0, 0.1) is 18.8 Å². The molecule has 9 nitrogen and oxygen atoms in total. The first-order valence-electron chi connectivity index (χ1n) is 12.1. The van der Waals surface area contributed by atoms with Crippen molar-refractivity contribution >= 4 is 26.9 Å². The van der Waals surface area contributed by atoms with Gasteiger partial charge in [-0.1, -0.05) is 30.9 Å². The van der Waals surface area contributed by atoms with Crippen molar-refractivity contribution in [1.82, 2.24) is 19.1 Å². The third-order valence-corrected chi connectivity index (χ3v) is 9.08. The number of fused-ring (bicyclic) bond motifs is 1. The molecule has 186 valence electrons. The highest BCUT2D eigenvalue weighted by Gasteiger charge is 2.46. The van der Waals surface area contributed by atoms with Crippen LogP contribution in [-0.4, -0.2) is 58.3 Å². The van der Waals surface area contributed by atoms with E-state index in [1.165, 1.54) is 16.6 Å². The normalized spacial score (nSPS) is 21.3. The van der Waals surface area contributed by atoms with Crippen LogP contribution < -0.4 is 4.74 Å². The second-order valence-electron chi connectivity index (χ2n) is 9.49. The fraction of sp³-hybridized carbons (Fsp3) is 0.480. The molecule has 2 aromatic heterocycles. The summed E-state index contributed by atoms with van der Waals surface area (Å²) in [6.07, 6.45) is 4.46. The predicted molar refractivity (Wildman–Crippen MR) is 130 cm³/mol. The summed E-state index contributed by atoms with van der Waals surface area (Å²) in [6.45, 7) is 4.96. The molecule has 2 aliphatic rings. The Labute approximate surface area is 204 Å². The molecule has 1 aliphatic heterocycles. The summed E-state index contributed by atoms with van der Waals surface area (Å²) < 4.78 is 35.9. The topological polar surface area (TPSA) is 115 Å². The molecule has 5 rings (SSSR count). The molecule has 1 aromatic carbocycles. The summed E-state index contributed by atoms with van der Waals surface area (Å²) >= 11 is 0. The van der Waals surface area contributed by atoms with Crippen LogP contribution in [0.1, 0.15) is 43.5 Å². The fourth-order valence-corrected chi connectivity index (χ4v) is 6.75. The van der Waals surface area contributed by atoms with Crippen molar-refractivity contribution in [3.63, 3.8) is 0 Å². The van der Waals surface area contributed by atoms with Gasteiger partial charge >= 0.3 is 5.97 Å². The Morgan fingerprint density at radius 1 is 1.20 bits per heavy atom. The number of nitrogens with zero attached hydrogens (tertiary/aromatic N) is 4. The molecule has 1 saturated heterocycles. The lowest BCUT2D eigenvalue weighted by atomic mass is 9.74. The van der Waals surface area contributed by atoms with Gasteiger partial charge in [0.25, 0.3) is 0 Å². The highest BCUT2D eigenvalue weighted by atomic mass is 32.2. The summed E-state index contributed by atoms with van der Waals surface area (Å²) in [4.78, 5) is 15.8. The van der Waals surface area contributed by atoms with Crippen LogP contribution in [0.15, 0.2) is 41.4 Å². The van der Waals surface area contributed by atoms with Crippen molar-refractivity contribution in [3.05, 3.63) is 47.8 Å². The molecule has 3 aromatic rings. The Morgan fingerprint density at radius 3 is 2.63 bits per heavy atom. The van der Waals surface area contributed by atoms with Gasteiger partial charge in [0.15, 0.2) is 0 Å². The average molecular weight is 499 g/mol. The van der Waals surface area contributed by atoms with E-state index in [1.54, 1.807) is 6.07 Å². The largest absolute Gasteiger partial charge is 0.481 e. The van der Waals surface area contributed by atoms with Gasteiger partial charge in [0.05, 0.1) is 36.5 Å². The zero-order valence-electron chi connectivity index (χ0n) is 19.9. The number of rotatable bonds is 8. The van der Waals surface area contributed by atoms with E-state index in [9.17, 15) is 18.3 Å². The summed E-state index contributed by atoms with van der Waals surface area (Å²) in [6, 6.07) is 8.86. The van der Waals surface area contributed by atoms with E-state index in [-0.39, 0.29) is 29.8 Å². The Morgan fingerprint density at radius 2 is 2.00 bits per heavy atom. The molecule has 0 spiro atoms. The lowest BCUT2D eigenvalue weighted by Crippen LogP contribution is -2.31. The predicted octanol–water partition coefficient (Wildman–Crippen LogP) is 3.43. The second-order valence-corrected chi connectivity index (χ2v) is 11.4.